The van der Waals surface area contributed by atoms with E-state index >= 15 is 0 Å². The quantitative estimate of drug-likeness (QED) is 0.512. The van der Waals surface area contributed by atoms with Gasteiger partial charge < -0.3 is 4.74 Å². The maximum atomic E-state index is 11.1. The molecule has 96 valence electrons. The van der Waals surface area contributed by atoms with Gasteiger partial charge in [-0.2, -0.15) is 0 Å². The highest BCUT2D eigenvalue weighted by atomic mass is 16.5. The molecule has 2 heteroatoms. The predicted molar refractivity (Wildman–Crippen MR) is 68.5 cm³/mol. The van der Waals surface area contributed by atoms with Crippen LogP contribution in [0.4, 0.5) is 0 Å². The maximum absolute atomic E-state index is 11.1. The highest BCUT2D eigenvalue weighted by Crippen LogP contribution is 2.51. The second kappa shape index (κ2) is 4.47. The Morgan fingerprint density at radius 3 is 2.71 bits per heavy atom. The molecule has 2 rings (SSSR count). The topological polar surface area (TPSA) is 26.3 Å². The van der Waals surface area contributed by atoms with Gasteiger partial charge in [0.2, 0.25) is 0 Å². The average Bonchev–Trinajstić information content (AvgIpc) is 2.31. The lowest BCUT2D eigenvalue weighted by Gasteiger charge is -2.42. The minimum absolute atomic E-state index is 0.119. The van der Waals surface area contributed by atoms with E-state index < -0.39 is 0 Å². The van der Waals surface area contributed by atoms with Crippen LogP contribution in [0.2, 0.25) is 0 Å². The first-order chi connectivity index (χ1) is 7.90. The first-order valence-corrected chi connectivity index (χ1v) is 6.76. The number of hydrogen-bond acceptors (Lipinski definition) is 2. The van der Waals surface area contributed by atoms with E-state index in [4.69, 9.17) is 4.74 Å². The van der Waals surface area contributed by atoms with E-state index in [0.29, 0.717) is 17.3 Å². The van der Waals surface area contributed by atoms with Crippen molar-refractivity contribution in [1.82, 2.24) is 0 Å². The second-order valence-corrected chi connectivity index (χ2v) is 6.40. The van der Waals surface area contributed by atoms with Crippen LogP contribution in [0.15, 0.2) is 12.2 Å². The fraction of sp³-hybridized carbons (Fsp3) is 0.800. The third-order valence-corrected chi connectivity index (χ3v) is 4.71. The van der Waals surface area contributed by atoms with E-state index in [-0.39, 0.29) is 12.1 Å². The lowest BCUT2D eigenvalue weighted by atomic mass is 9.62. The van der Waals surface area contributed by atoms with Crippen LogP contribution in [0.25, 0.3) is 0 Å². The van der Waals surface area contributed by atoms with Crippen molar-refractivity contribution < 1.29 is 9.53 Å². The van der Waals surface area contributed by atoms with Gasteiger partial charge in [-0.15, -0.1) is 0 Å². The van der Waals surface area contributed by atoms with Crippen molar-refractivity contribution in [3.8, 4) is 0 Å². The van der Waals surface area contributed by atoms with Gasteiger partial charge in [-0.1, -0.05) is 26.0 Å². The summed E-state index contributed by atoms with van der Waals surface area (Å²) < 4.78 is 5.42. The molecular formula is C15H24O2. The van der Waals surface area contributed by atoms with Crippen LogP contribution in [0.3, 0.4) is 0 Å². The maximum Gasteiger partial charge on any atom is 0.302 e. The highest BCUT2D eigenvalue weighted by Gasteiger charge is 2.42. The van der Waals surface area contributed by atoms with Gasteiger partial charge >= 0.3 is 5.97 Å². The van der Waals surface area contributed by atoms with Gasteiger partial charge in [-0.3, -0.25) is 4.79 Å². The Morgan fingerprint density at radius 2 is 2.06 bits per heavy atom. The molecule has 0 spiro atoms. The lowest BCUT2D eigenvalue weighted by Crippen LogP contribution is -2.32. The molecule has 2 aliphatic rings. The number of carbonyl (C=O) groups is 1. The molecule has 2 fully saturated rings. The van der Waals surface area contributed by atoms with E-state index in [1.807, 2.05) is 0 Å². The molecule has 2 aliphatic carbocycles. The van der Waals surface area contributed by atoms with Crippen molar-refractivity contribution in [3.05, 3.63) is 12.2 Å². The molecule has 0 saturated heterocycles. The minimum atomic E-state index is -0.142. The first kappa shape index (κ1) is 12.7. The molecule has 3 atom stereocenters. The smallest absolute Gasteiger partial charge is 0.302 e. The van der Waals surface area contributed by atoms with Crippen molar-refractivity contribution >= 4 is 5.97 Å². The third-order valence-electron chi connectivity index (χ3n) is 4.71. The SMILES string of the molecule is C=C1C2CCC(C)(C)C1CCC(OC(C)=O)C2. The zero-order valence-electron chi connectivity index (χ0n) is 11.3. The fourth-order valence-electron chi connectivity index (χ4n) is 3.67. The van der Waals surface area contributed by atoms with Gasteiger partial charge in [0.25, 0.3) is 0 Å². The number of carbonyl (C=O) groups excluding carboxylic acids is 1. The van der Waals surface area contributed by atoms with Gasteiger partial charge in [0.1, 0.15) is 6.10 Å². The molecule has 0 amide bonds. The van der Waals surface area contributed by atoms with Gasteiger partial charge in [-0.25, -0.2) is 0 Å². The molecular weight excluding hydrogens is 212 g/mol. The molecule has 0 aromatic rings. The van der Waals surface area contributed by atoms with Crippen molar-refractivity contribution in [2.75, 3.05) is 0 Å². The largest absolute Gasteiger partial charge is 0.463 e. The van der Waals surface area contributed by atoms with E-state index in [0.717, 1.165) is 19.3 Å². The van der Waals surface area contributed by atoms with Crippen LogP contribution >= 0.6 is 0 Å². The van der Waals surface area contributed by atoms with Crippen molar-refractivity contribution in [2.24, 2.45) is 17.3 Å². The first-order valence-electron chi connectivity index (χ1n) is 6.76. The van der Waals surface area contributed by atoms with Gasteiger partial charge in [-0.05, 0) is 49.4 Å². The number of esters is 1. The molecule has 0 radical (unpaired) electrons. The van der Waals surface area contributed by atoms with Gasteiger partial charge in [0.15, 0.2) is 0 Å². The molecule has 0 N–H and O–H groups in total. The second-order valence-electron chi connectivity index (χ2n) is 6.40. The van der Waals surface area contributed by atoms with E-state index in [2.05, 4.69) is 20.4 Å². The number of allylic oxidation sites excluding steroid dienone is 1. The summed E-state index contributed by atoms with van der Waals surface area (Å²) in [6.45, 7) is 10.5. The van der Waals surface area contributed by atoms with Gasteiger partial charge in [0.05, 0.1) is 0 Å². The van der Waals surface area contributed by atoms with Crippen molar-refractivity contribution in [2.45, 2.75) is 59.0 Å². The summed E-state index contributed by atoms with van der Waals surface area (Å²) in [6, 6.07) is 0. The Kier molecular flexibility index (Phi) is 3.33. The van der Waals surface area contributed by atoms with Crippen LogP contribution in [0, 0.1) is 17.3 Å². The summed E-state index contributed by atoms with van der Waals surface area (Å²) in [7, 11) is 0. The Bertz CT molecular complexity index is 330. The number of rotatable bonds is 1. The highest BCUT2D eigenvalue weighted by molar-refractivity contribution is 5.66. The number of fused-ring (bicyclic) bond motifs is 2. The number of hydrogen-bond donors (Lipinski definition) is 0. The van der Waals surface area contributed by atoms with E-state index in [1.165, 1.54) is 25.3 Å². The van der Waals surface area contributed by atoms with Crippen LogP contribution < -0.4 is 0 Å². The van der Waals surface area contributed by atoms with Crippen molar-refractivity contribution in [3.63, 3.8) is 0 Å². The third kappa shape index (κ3) is 2.56. The summed E-state index contributed by atoms with van der Waals surface area (Å²) in [5, 5.41) is 0. The summed E-state index contributed by atoms with van der Waals surface area (Å²) in [5.74, 6) is 1.04. The van der Waals surface area contributed by atoms with Crippen LogP contribution in [0.1, 0.15) is 52.9 Å². The minimum Gasteiger partial charge on any atom is -0.463 e. The number of ether oxygens (including phenoxy) is 1. The van der Waals surface area contributed by atoms with Crippen molar-refractivity contribution in [1.29, 1.82) is 0 Å². The molecule has 17 heavy (non-hydrogen) atoms. The summed E-state index contributed by atoms with van der Waals surface area (Å²) in [4.78, 5) is 11.1. The van der Waals surface area contributed by atoms with Crippen LogP contribution in [-0.2, 0) is 9.53 Å². The lowest BCUT2D eigenvalue weighted by molar-refractivity contribution is -0.147. The Hall–Kier alpha value is -0.790. The van der Waals surface area contributed by atoms with Gasteiger partial charge in [0, 0.05) is 6.92 Å². The fourth-order valence-corrected chi connectivity index (χ4v) is 3.67. The standard InChI is InChI=1S/C15H24O2/c1-10-12-7-8-15(3,4)14(10)6-5-13(9-12)17-11(2)16/h12-14H,1,5-9H2,2-4H3. The molecule has 2 nitrogen and oxygen atoms in total. The molecule has 2 bridgehead atoms. The summed E-state index contributed by atoms with van der Waals surface area (Å²) in [6.07, 6.45) is 5.72. The predicted octanol–water partition coefficient (Wildman–Crippen LogP) is 3.71. The van der Waals surface area contributed by atoms with Crippen LogP contribution in [0.5, 0.6) is 0 Å². The van der Waals surface area contributed by atoms with E-state index in [1.54, 1.807) is 0 Å². The molecule has 0 aromatic carbocycles. The Labute approximate surface area is 104 Å². The average molecular weight is 236 g/mol. The normalized spacial score (nSPS) is 36.2. The Morgan fingerprint density at radius 1 is 1.35 bits per heavy atom. The monoisotopic (exact) mass is 236 g/mol. The molecule has 2 saturated carbocycles. The molecule has 3 unspecified atom stereocenters. The summed E-state index contributed by atoms with van der Waals surface area (Å²) >= 11 is 0. The van der Waals surface area contributed by atoms with E-state index in [9.17, 15) is 4.79 Å². The Balaban J connectivity index is 2.13. The zero-order valence-corrected chi connectivity index (χ0v) is 11.3. The zero-order chi connectivity index (χ0) is 12.6. The molecule has 0 aromatic heterocycles. The van der Waals surface area contributed by atoms with Crippen LogP contribution in [-0.4, -0.2) is 12.1 Å². The summed E-state index contributed by atoms with van der Waals surface area (Å²) in [5.41, 5.74) is 1.79. The molecule has 0 heterocycles. The molecule has 0 aliphatic heterocycles.